The van der Waals surface area contributed by atoms with Gasteiger partial charge in [0.2, 0.25) is 0 Å². The Morgan fingerprint density at radius 2 is 2.00 bits per heavy atom. The normalized spacial score (nSPS) is 9.56. The lowest BCUT2D eigenvalue weighted by Gasteiger charge is -1.91. The Balaban J connectivity index is 2.88. The van der Waals surface area contributed by atoms with Gasteiger partial charge >= 0.3 is 0 Å². The monoisotopic (exact) mass is 185 g/mol. The van der Waals surface area contributed by atoms with Crippen LogP contribution in [-0.2, 0) is 5.33 Å². The highest BCUT2D eigenvalue weighted by molar-refractivity contribution is 9.08. The molecule has 0 saturated carbocycles. The number of hydrogen-bond donors (Lipinski definition) is 0. The third kappa shape index (κ3) is 1.75. The number of nitrogens with zero attached hydrogens (tertiary/aromatic N) is 2. The minimum Gasteiger partial charge on any atom is -0.241 e. The van der Waals surface area contributed by atoms with Crippen molar-refractivity contribution in [2.45, 2.75) is 5.33 Å². The van der Waals surface area contributed by atoms with E-state index in [4.69, 9.17) is 0 Å². The van der Waals surface area contributed by atoms with Gasteiger partial charge in [0, 0.05) is 24.6 Å². The van der Waals surface area contributed by atoms with Gasteiger partial charge in [-0.1, -0.05) is 15.9 Å². The summed E-state index contributed by atoms with van der Waals surface area (Å²) in [5, 5.41) is 0.799. The Bertz CT molecular complexity index is 183. The van der Waals surface area contributed by atoms with Gasteiger partial charge in [-0.15, -0.1) is 0 Å². The smallest absolute Gasteiger partial charge is 0.128 e. The van der Waals surface area contributed by atoms with Crippen molar-refractivity contribution < 1.29 is 0 Å². The van der Waals surface area contributed by atoms with Crippen molar-refractivity contribution in [3.8, 4) is 0 Å². The van der Waals surface area contributed by atoms with Gasteiger partial charge in [-0.2, -0.15) is 0 Å². The van der Waals surface area contributed by atoms with Crippen molar-refractivity contribution in [3.05, 3.63) is 30.7 Å². The third-order valence-corrected chi connectivity index (χ3v) is 1.56. The number of halogens is 1. The van der Waals surface area contributed by atoms with Crippen LogP contribution in [0.2, 0.25) is 0 Å². The standard InChI is InChI=1S/C6H6BrN2/c1-5-8-3-6(2-7)4-9-5/h3-4H,1-2H2. The lowest BCUT2D eigenvalue weighted by molar-refractivity contribution is 1.07. The first-order valence-electron chi connectivity index (χ1n) is 2.52. The molecule has 0 amide bonds. The molecule has 0 aliphatic heterocycles. The van der Waals surface area contributed by atoms with E-state index in [1.165, 1.54) is 0 Å². The summed E-state index contributed by atoms with van der Waals surface area (Å²) in [7, 11) is 0. The van der Waals surface area contributed by atoms with Crippen molar-refractivity contribution in [2.24, 2.45) is 0 Å². The van der Waals surface area contributed by atoms with Crippen LogP contribution < -0.4 is 0 Å². The van der Waals surface area contributed by atoms with Crippen LogP contribution in [-0.4, -0.2) is 9.97 Å². The minimum absolute atomic E-state index is 0.569. The molecule has 0 atom stereocenters. The molecule has 1 heterocycles. The largest absolute Gasteiger partial charge is 0.241 e. The molecule has 0 N–H and O–H groups in total. The molecule has 3 heteroatoms. The van der Waals surface area contributed by atoms with E-state index in [-0.39, 0.29) is 0 Å². The molecule has 0 aromatic carbocycles. The van der Waals surface area contributed by atoms with Gasteiger partial charge in [0.15, 0.2) is 0 Å². The molecular weight excluding hydrogens is 180 g/mol. The summed E-state index contributed by atoms with van der Waals surface area (Å²) in [6.45, 7) is 3.56. The highest BCUT2D eigenvalue weighted by atomic mass is 79.9. The molecule has 0 bridgehead atoms. The van der Waals surface area contributed by atoms with Gasteiger partial charge in [0.05, 0.1) is 0 Å². The van der Waals surface area contributed by atoms with Gasteiger partial charge < -0.3 is 0 Å². The Morgan fingerprint density at radius 1 is 1.44 bits per heavy atom. The Kier molecular flexibility index (Phi) is 2.16. The predicted molar refractivity (Wildman–Crippen MR) is 39.1 cm³/mol. The van der Waals surface area contributed by atoms with Gasteiger partial charge in [0.25, 0.3) is 0 Å². The van der Waals surface area contributed by atoms with Crippen molar-refractivity contribution in [1.29, 1.82) is 0 Å². The predicted octanol–water partition coefficient (Wildman–Crippen LogP) is 1.55. The van der Waals surface area contributed by atoms with E-state index in [0.29, 0.717) is 5.82 Å². The summed E-state index contributed by atoms with van der Waals surface area (Å²) in [4.78, 5) is 7.80. The van der Waals surface area contributed by atoms with E-state index in [1.54, 1.807) is 12.4 Å². The molecule has 1 aromatic heterocycles. The lowest BCUT2D eigenvalue weighted by Crippen LogP contribution is -1.87. The van der Waals surface area contributed by atoms with Gasteiger partial charge in [-0.25, -0.2) is 9.97 Å². The van der Waals surface area contributed by atoms with Crippen molar-refractivity contribution >= 4 is 15.9 Å². The molecule has 9 heavy (non-hydrogen) atoms. The van der Waals surface area contributed by atoms with Crippen LogP contribution in [0.4, 0.5) is 0 Å². The lowest BCUT2D eigenvalue weighted by atomic mass is 10.4. The molecule has 0 aliphatic rings. The number of aromatic nitrogens is 2. The summed E-state index contributed by atoms with van der Waals surface area (Å²) < 4.78 is 0. The van der Waals surface area contributed by atoms with Crippen molar-refractivity contribution in [1.82, 2.24) is 9.97 Å². The first kappa shape index (κ1) is 6.68. The average Bonchev–Trinajstić information content (AvgIpc) is 1.90. The molecule has 1 rings (SSSR count). The van der Waals surface area contributed by atoms with Crippen LogP contribution in [0.25, 0.3) is 0 Å². The maximum absolute atomic E-state index is 3.90. The number of hydrogen-bond acceptors (Lipinski definition) is 2. The highest BCUT2D eigenvalue weighted by Gasteiger charge is 1.88. The zero-order chi connectivity index (χ0) is 6.69. The summed E-state index contributed by atoms with van der Waals surface area (Å²) >= 11 is 3.28. The molecule has 0 fully saturated rings. The molecule has 0 spiro atoms. The summed E-state index contributed by atoms with van der Waals surface area (Å²) in [6, 6.07) is 0. The van der Waals surface area contributed by atoms with E-state index >= 15 is 0 Å². The first-order valence-corrected chi connectivity index (χ1v) is 3.64. The Morgan fingerprint density at radius 3 is 2.44 bits per heavy atom. The topological polar surface area (TPSA) is 25.8 Å². The quantitative estimate of drug-likeness (QED) is 0.622. The molecule has 1 aromatic rings. The summed E-state index contributed by atoms with van der Waals surface area (Å²) in [5.41, 5.74) is 1.07. The van der Waals surface area contributed by atoms with E-state index in [9.17, 15) is 0 Å². The fourth-order valence-corrected chi connectivity index (χ4v) is 0.740. The molecule has 0 unspecified atom stereocenters. The first-order chi connectivity index (χ1) is 4.33. The zero-order valence-electron chi connectivity index (χ0n) is 4.84. The van der Waals surface area contributed by atoms with Crippen LogP contribution in [0.15, 0.2) is 12.4 Å². The fourth-order valence-electron chi connectivity index (χ4n) is 0.451. The van der Waals surface area contributed by atoms with E-state index in [2.05, 4.69) is 32.8 Å². The molecule has 0 aliphatic carbocycles. The SMILES string of the molecule is [CH2]c1ncc(CBr)cn1. The molecule has 0 saturated heterocycles. The Labute approximate surface area is 62.5 Å². The van der Waals surface area contributed by atoms with Crippen LogP contribution in [0.5, 0.6) is 0 Å². The minimum atomic E-state index is 0.569. The fraction of sp³-hybridized carbons (Fsp3) is 0.167. The van der Waals surface area contributed by atoms with Crippen LogP contribution >= 0.6 is 15.9 Å². The van der Waals surface area contributed by atoms with E-state index < -0.39 is 0 Å². The number of alkyl halides is 1. The van der Waals surface area contributed by atoms with Crippen molar-refractivity contribution in [3.63, 3.8) is 0 Å². The second kappa shape index (κ2) is 2.92. The molecule has 2 nitrogen and oxygen atoms in total. The van der Waals surface area contributed by atoms with Gasteiger partial charge in [-0.05, 0) is 5.56 Å². The van der Waals surface area contributed by atoms with E-state index in [1.807, 2.05) is 0 Å². The van der Waals surface area contributed by atoms with Gasteiger partial charge in [-0.3, -0.25) is 0 Å². The van der Waals surface area contributed by atoms with Gasteiger partial charge in [0.1, 0.15) is 5.82 Å². The second-order valence-electron chi connectivity index (χ2n) is 1.64. The molecule has 47 valence electrons. The molecular formula is C6H6BrN2. The zero-order valence-corrected chi connectivity index (χ0v) is 6.43. The van der Waals surface area contributed by atoms with Crippen LogP contribution in [0.3, 0.4) is 0 Å². The highest BCUT2D eigenvalue weighted by Crippen LogP contribution is 2.00. The van der Waals surface area contributed by atoms with Crippen LogP contribution in [0.1, 0.15) is 11.4 Å². The third-order valence-electron chi connectivity index (χ3n) is 0.913. The second-order valence-corrected chi connectivity index (χ2v) is 2.20. The van der Waals surface area contributed by atoms with E-state index in [0.717, 1.165) is 10.9 Å². The maximum Gasteiger partial charge on any atom is 0.128 e. The van der Waals surface area contributed by atoms with Crippen molar-refractivity contribution in [2.75, 3.05) is 0 Å². The average molecular weight is 186 g/mol. The Hall–Kier alpha value is -0.440. The summed E-state index contributed by atoms with van der Waals surface area (Å²) in [5.74, 6) is 0.569. The molecule has 1 radical (unpaired) electrons. The number of rotatable bonds is 1. The van der Waals surface area contributed by atoms with Crippen LogP contribution in [0, 0.1) is 6.92 Å². The maximum atomic E-state index is 3.90. The summed E-state index contributed by atoms with van der Waals surface area (Å²) in [6.07, 6.45) is 3.51.